The van der Waals surface area contributed by atoms with Gasteiger partial charge < -0.3 is 14.8 Å². The molecule has 1 saturated heterocycles. The van der Waals surface area contributed by atoms with Crippen molar-refractivity contribution < 1.29 is 22.7 Å². The molecular weight excluding hydrogens is 519 g/mol. The quantitative estimate of drug-likeness (QED) is 0.542. The zero-order valence-electron chi connectivity index (χ0n) is 16.9. The van der Waals surface area contributed by atoms with Gasteiger partial charge in [0.25, 0.3) is 0 Å². The maximum Gasteiger partial charge on any atom is 0.244 e. The van der Waals surface area contributed by atoms with Crippen LogP contribution >= 0.6 is 22.6 Å². The van der Waals surface area contributed by atoms with E-state index in [9.17, 15) is 13.2 Å². The SMILES string of the molecule is COc1ccc(CN(C2CCCCNC2=O)S(=O)(=O)c2ccc(I)cc2)cc1OC. The number of carbonyl (C=O) groups excluding carboxylic acids is 1. The van der Waals surface area contributed by atoms with Crippen LogP contribution in [0, 0.1) is 3.57 Å². The lowest BCUT2D eigenvalue weighted by Gasteiger charge is -2.29. The van der Waals surface area contributed by atoms with Gasteiger partial charge in [-0.25, -0.2) is 8.42 Å². The van der Waals surface area contributed by atoms with Gasteiger partial charge >= 0.3 is 0 Å². The van der Waals surface area contributed by atoms with Gasteiger partial charge in [-0.05, 0) is 83.8 Å². The topological polar surface area (TPSA) is 84.9 Å². The van der Waals surface area contributed by atoms with Crippen molar-refractivity contribution in [2.24, 2.45) is 0 Å². The van der Waals surface area contributed by atoms with Crippen molar-refractivity contribution in [3.05, 3.63) is 51.6 Å². The molecule has 1 atom stereocenters. The minimum atomic E-state index is -3.90. The van der Waals surface area contributed by atoms with E-state index in [2.05, 4.69) is 27.9 Å². The molecule has 1 aliphatic heterocycles. The molecule has 0 radical (unpaired) electrons. The Balaban J connectivity index is 2.03. The summed E-state index contributed by atoms with van der Waals surface area (Å²) in [6, 6.07) is 11.1. The molecule has 0 spiro atoms. The standard InChI is InChI=1S/C21H25IN2O5S/c1-28-19-11-6-15(13-20(19)29-2)14-24(18-5-3-4-12-23-21(18)25)30(26,27)17-9-7-16(22)8-10-17/h6-11,13,18H,3-5,12,14H2,1-2H3,(H,23,25). The molecule has 30 heavy (non-hydrogen) atoms. The zero-order valence-corrected chi connectivity index (χ0v) is 19.9. The van der Waals surface area contributed by atoms with E-state index in [4.69, 9.17) is 9.47 Å². The van der Waals surface area contributed by atoms with E-state index < -0.39 is 16.1 Å². The van der Waals surface area contributed by atoms with Gasteiger partial charge in [-0.15, -0.1) is 0 Å². The Hall–Kier alpha value is -1.85. The van der Waals surface area contributed by atoms with E-state index in [0.717, 1.165) is 16.4 Å². The van der Waals surface area contributed by atoms with Crippen LogP contribution in [0.5, 0.6) is 11.5 Å². The summed E-state index contributed by atoms with van der Waals surface area (Å²) in [5, 5.41) is 2.84. The zero-order chi connectivity index (χ0) is 21.7. The number of rotatable bonds is 7. The Labute approximate surface area is 190 Å². The third-order valence-corrected chi connectivity index (χ3v) is 7.65. The minimum Gasteiger partial charge on any atom is -0.493 e. The lowest BCUT2D eigenvalue weighted by molar-refractivity contribution is -0.124. The fourth-order valence-corrected chi connectivity index (χ4v) is 5.43. The van der Waals surface area contributed by atoms with Crippen molar-refractivity contribution in [3.63, 3.8) is 0 Å². The smallest absolute Gasteiger partial charge is 0.244 e. The molecule has 0 bridgehead atoms. The van der Waals surface area contributed by atoms with Crippen LogP contribution in [0.4, 0.5) is 0 Å². The lowest BCUT2D eigenvalue weighted by atomic mass is 10.1. The van der Waals surface area contributed by atoms with E-state index in [1.807, 2.05) is 0 Å². The number of amides is 1. The molecule has 1 amide bonds. The summed E-state index contributed by atoms with van der Waals surface area (Å²) < 4.78 is 40.0. The highest BCUT2D eigenvalue weighted by Crippen LogP contribution is 2.30. The molecule has 0 aromatic heterocycles. The lowest BCUT2D eigenvalue weighted by Crippen LogP contribution is -2.48. The molecule has 3 rings (SSSR count). The van der Waals surface area contributed by atoms with E-state index in [0.29, 0.717) is 30.0 Å². The molecular formula is C21H25IN2O5S. The average Bonchev–Trinajstić information content (AvgIpc) is 2.96. The van der Waals surface area contributed by atoms with E-state index in [1.54, 1.807) is 49.6 Å². The molecule has 1 heterocycles. The summed E-state index contributed by atoms with van der Waals surface area (Å²) in [4.78, 5) is 12.9. The molecule has 1 aliphatic rings. The molecule has 9 heteroatoms. The highest BCUT2D eigenvalue weighted by atomic mass is 127. The van der Waals surface area contributed by atoms with Gasteiger partial charge in [-0.3, -0.25) is 4.79 Å². The average molecular weight is 544 g/mol. The molecule has 0 saturated carbocycles. The fraction of sp³-hybridized carbons (Fsp3) is 0.381. The maximum atomic E-state index is 13.6. The van der Waals surface area contributed by atoms with Gasteiger partial charge in [0.05, 0.1) is 19.1 Å². The molecule has 2 aromatic rings. The summed E-state index contributed by atoms with van der Waals surface area (Å²) in [5.74, 6) is 0.800. The summed E-state index contributed by atoms with van der Waals surface area (Å²) in [7, 11) is -0.832. The molecule has 1 unspecified atom stereocenters. The van der Waals surface area contributed by atoms with Crippen molar-refractivity contribution in [1.82, 2.24) is 9.62 Å². The normalized spacial score (nSPS) is 17.3. The van der Waals surface area contributed by atoms with Crippen LogP contribution in [-0.2, 0) is 21.4 Å². The number of ether oxygens (including phenoxy) is 2. The van der Waals surface area contributed by atoms with Crippen LogP contribution < -0.4 is 14.8 Å². The largest absolute Gasteiger partial charge is 0.493 e. The molecule has 162 valence electrons. The van der Waals surface area contributed by atoms with Crippen LogP contribution in [0.3, 0.4) is 0 Å². The predicted molar refractivity (Wildman–Crippen MR) is 122 cm³/mol. The molecule has 1 fully saturated rings. The van der Waals surface area contributed by atoms with Crippen LogP contribution in [0.15, 0.2) is 47.4 Å². The van der Waals surface area contributed by atoms with Crippen LogP contribution in [0.2, 0.25) is 0 Å². The first-order chi connectivity index (χ1) is 14.4. The number of nitrogens with zero attached hydrogens (tertiary/aromatic N) is 1. The number of nitrogens with one attached hydrogen (secondary N) is 1. The van der Waals surface area contributed by atoms with Crippen molar-refractivity contribution in [3.8, 4) is 11.5 Å². The first-order valence-corrected chi connectivity index (χ1v) is 12.1. The monoisotopic (exact) mass is 544 g/mol. The molecule has 0 aliphatic carbocycles. The third kappa shape index (κ3) is 5.06. The first kappa shape index (κ1) is 22.8. The van der Waals surface area contributed by atoms with E-state index in [-0.39, 0.29) is 17.3 Å². The van der Waals surface area contributed by atoms with Crippen molar-refractivity contribution in [2.45, 2.75) is 36.7 Å². The number of benzene rings is 2. The van der Waals surface area contributed by atoms with Crippen molar-refractivity contribution in [1.29, 1.82) is 0 Å². The summed E-state index contributed by atoms with van der Waals surface area (Å²) in [5.41, 5.74) is 0.707. The Morgan fingerprint density at radius 1 is 1.07 bits per heavy atom. The number of hydrogen-bond donors (Lipinski definition) is 1. The van der Waals surface area contributed by atoms with Gasteiger partial charge in [-0.1, -0.05) is 6.07 Å². The number of methoxy groups -OCH3 is 2. The van der Waals surface area contributed by atoms with Gasteiger partial charge in [0.1, 0.15) is 6.04 Å². The van der Waals surface area contributed by atoms with Gasteiger partial charge in [-0.2, -0.15) is 4.31 Å². The van der Waals surface area contributed by atoms with Gasteiger partial charge in [0, 0.05) is 16.7 Å². The van der Waals surface area contributed by atoms with E-state index in [1.165, 1.54) is 11.4 Å². The Morgan fingerprint density at radius 2 is 1.77 bits per heavy atom. The Morgan fingerprint density at radius 3 is 2.43 bits per heavy atom. The number of carbonyl (C=O) groups is 1. The molecule has 1 N–H and O–H groups in total. The summed E-state index contributed by atoms with van der Waals surface area (Å²) in [6.07, 6.45) is 2.08. The van der Waals surface area contributed by atoms with Gasteiger partial charge in [0.15, 0.2) is 11.5 Å². The Kier molecular flexibility index (Phi) is 7.59. The summed E-state index contributed by atoms with van der Waals surface area (Å²) in [6.45, 7) is 0.607. The van der Waals surface area contributed by atoms with Crippen LogP contribution in [0.25, 0.3) is 0 Å². The highest BCUT2D eigenvalue weighted by Gasteiger charge is 2.36. The number of sulfonamides is 1. The third-order valence-electron chi connectivity index (χ3n) is 5.06. The molecule has 7 nitrogen and oxygen atoms in total. The first-order valence-electron chi connectivity index (χ1n) is 9.63. The number of hydrogen-bond acceptors (Lipinski definition) is 5. The molecule has 2 aromatic carbocycles. The van der Waals surface area contributed by atoms with E-state index >= 15 is 0 Å². The fourth-order valence-electron chi connectivity index (χ4n) is 3.46. The number of halogens is 1. The maximum absolute atomic E-state index is 13.6. The second-order valence-electron chi connectivity index (χ2n) is 7.00. The minimum absolute atomic E-state index is 0.0484. The van der Waals surface area contributed by atoms with Crippen molar-refractivity contribution in [2.75, 3.05) is 20.8 Å². The van der Waals surface area contributed by atoms with Crippen molar-refractivity contribution >= 4 is 38.5 Å². The summed E-state index contributed by atoms with van der Waals surface area (Å²) >= 11 is 2.13. The second-order valence-corrected chi connectivity index (χ2v) is 10.1. The van der Waals surface area contributed by atoms with Crippen LogP contribution in [-0.4, -0.2) is 45.4 Å². The predicted octanol–water partition coefficient (Wildman–Crippen LogP) is 3.17. The second kappa shape index (κ2) is 9.97. The van der Waals surface area contributed by atoms with Gasteiger partial charge in [0.2, 0.25) is 15.9 Å². The highest BCUT2D eigenvalue weighted by molar-refractivity contribution is 14.1. The van der Waals surface area contributed by atoms with Crippen LogP contribution in [0.1, 0.15) is 24.8 Å². The Bertz CT molecular complexity index is 995.